The fraction of sp³-hybridized carbons (Fsp3) is 0.581. The third-order valence-corrected chi connectivity index (χ3v) is 6.43. The molecule has 3 rings (SSSR count). The first kappa shape index (κ1) is 32.9. The zero-order valence-electron chi connectivity index (χ0n) is 24.3. The number of fused-ring (bicyclic) bond motifs is 3. The average molecular weight is 575 g/mol. The molecule has 228 valence electrons. The van der Waals surface area contributed by atoms with Gasteiger partial charge in [0.25, 0.3) is 0 Å². The van der Waals surface area contributed by atoms with Gasteiger partial charge in [-0.15, -0.1) is 0 Å². The van der Waals surface area contributed by atoms with E-state index in [0.29, 0.717) is 98.9 Å². The molecule has 0 radical (unpaired) electrons. The Morgan fingerprint density at radius 2 is 1.05 bits per heavy atom. The lowest BCUT2D eigenvalue weighted by Crippen LogP contribution is -2.27. The van der Waals surface area contributed by atoms with Crippen LogP contribution in [0.4, 0.5) is 4.79 Å². The zero-order valence-corrected chi connectivity index (χ0v) is 24.3. The van der Waals surface area contributed by atoms with E-state index in [-0.39, 0.29) is 5.92 Å². The molecular formula is C31H46N2O8. The fourth-order valence-corrected chi connectivity index (χ4v) is 4.39. The highest BCUT2D eigenvalue weighted by atomic mass is 16.6. The fourth-order valence-electron chi connectivity index (χ4n) is 4.39. The summed E-state index contributed by atoms with van der Waals surface area (Å²) in [6.07, 6.45) is 0.290. The van der Waals surface area contributed by atoms with Crippen molar-refractivity contribution in [1.29, 1.82) is 0 Å². The van der Waals surface area contributed by atoms with E-state index in [1.165, 1.54) is 22.3 Å². The number of carbonyl (C=O) groups is 1. The molecule has 1 aliphatic carbocycles. The number of hydrogen-bond donors (Lipinski definition) is 2. The number of carbonyl (C=O) groups excluding carboxylic acids is 1. The van der Waals surface area contributed by atoms with Crippen molar-refractivity contribution in [2.24, 2.45) is 0 Å². The molecule has 0 saturated heterocycles. The summed E-state index contributed by atoms with van der Waals surface area (Å²) in [6, 6.07) is 16.6. The van der Waals surface area contributed by atoms with E-state index in [1.807, 2.05) is 31.3 Å². The summed E-state index contributed by atoms with van der Waals surface area (Å²) in [5, 5.41) is 5.82. The first-order valence-electron chi connectivity index (χ1n) is 14.5. The van der Waals surface area contributed by atoms with Crippen LogP contribution in [-0.2, 0) is 33.2 Å². The molecule has 10 heteroatoms. The van der Waals surface area contributed by atoms with Crippen LogP contribution in [-0.4, -0.2) is 112 Å². The summed E-state index contributed by atoms with van der Waals surface area (Å²) in [7, 11) is 1.89. The summed E-state index contributed by atoms with van der Waals surface area (Å²) in [5.41, 5.74) is 4.83. The van der Waals surface area contributed by atoms with Crippen LogP contribution in [0.3, 0.4) is 0 Å². The van der Waals surface area contributed by atoms with Crippen LogP contribution in [0.5, 0.6) is 0 Å². The van der Waals surface area contributed by atoms with Gasteiger partial charge in [0.1, 0.15) is 6.61 Å². The van der Waals surface area contributed by atoms with Gasteiger partial charge in [0.05, 0.1) is 72.7 Å². The first-order valence-corrected chi connectivity index (χ1v) is 14.5. The molecule has 2 aromatic carbocycles. The molecule has 2 aromatic rings. The highest BCUT2D eigenvalue weighted by Gasteiger charge is 2.28. The van der Waals surface area contributed by atoms with Crippen molar-refractivity contribution < 1.29 is 38.0 Å². The zero-order chi connectivity index (χ0) is 28.8. The van der Waals surface area contributed by atoms with Gasteiger partial charge in [-0.2, -0.15) is 0 Å². The SMILES string of the molecule is CNCCOCCOCCOCCOCCOCCOCCCNC(=O)OCC1c2ccccc2-c2ccccc21. The summed E-state index contributed by atoms with van der Waals surface area (Å²) >= 11 is 0. The van der Waals surface area contributed by atoms with Crippen LogP contribution in [0.1, 0.15) is 23.5 Å². The average Bonchev–Trinajstić information content (AvgIpc) is 3.32. The van der Waals surface area contributed by atoms with Crippen LogP contribution < -0.4 is 10.6 Å². The molecule has 0 saturated carbocycles. The van der Waals surface area contributed by atoms with E-state index in [0.717, 1.165) is 6.54 Å². The number of nitrogens with one attached hydrogen (secondary N) is 2. The van der Waals surface area contributed by atoms with Crippen LogP contribution >= 0.6 is 0 Å². The number of hydrogen-bond acceptors (Lipinski definition) is 9. The van der Waals surface area contributed by atoms with Gasteiger partial charge in [-0.05, 0) is 35.7 Å². The maximum atomic E-state index is 12.2. The maximum Gasteiger partial charge on any atom is 0.407 e. The van der Waals surface area contributed by atoms with E-state index in [2.05, 4.69) is 34.9 Å². The molecule has 0 aromatic heterocycles. The number of alkyl carbamates (subject to hydrolysis) is 1. The number of rotatable bonds is 24. The highest BCUT2D eigenvalue weighted by Crippen LogP contribution is 2.44. The monoisotopic (exact) mass is 574 g/mol. The second-order valence-electron chi connectivity index (χ2n) is 9.38. The Labute approximate surface area is 243 Å². The first-order chi connectivity index (χ1) is 20.3. The largest absolute Gasteiger partial charge is 0.449 e. The number of likely N-dealkylation sites (N-methyl/N-ethyl adjacent to an activating group) is 1. The molecular weight excluding hydrogens is 528 g/mol. The molecule has 0 aliphatic heterocycles. The van der Waals surface area contributed by atoms with Crippen molar-refractivity contribution in [2.75, 3.05) is 106 Å². The third kappa shape index (κ3) is 12.9. The van der Waals surface area contributed by atoms with E-state index in [1.54, 1.807) is 0 Å². The van der Waals surface area contributed by atoms with Gasteiger partial charge in [-0.25, -0.2) is 4.79 Å². The Bertz CT molecular complexity index is 931. The van der Waals surface area contributed by atoms with Crippen LogP contribution in [0, 0.1) is 0 Å². The Balaban J connectivity index is 1.06. The van der Waals surface area contributed by atoms with Gasteiger partial charge in [-0.3, -0.25) is 0 Å². The summed E-state index contributed by atoms with van der Waals surface area (Å²) < 4.78 is 38.3. The van der Waals surface area contributed by atoms with Gasteiger partial charge in [-0.1, -0.05) is 48.5 Å². The predicted molar refractivity (Wildman–Crippen MR) is 157 cm³/mol. The second-order valence-corrected chi connectivity index (χ2v) is 9.38. The van der Waals surface area contributed by atoms with Gasteiger partial charge >= 0.3 is 6.09 Å². The Morgan fingerprint density at radius 3 is 1.54 bits per heavy atom. The third-order valence-electron chi connectivity index (χ3n) is 6.43. The Morgan fingerprint density at radius 1 is 0.610 bits per heavy atom. The molecule has 10 nitrogen and oxygen atoms in total. The van der Waals surface area contributed by atoms with Crippen LogP contribution in [0.15, 0.2) is 48.5 Å². The van der Waals surface area contributed by atoms with E-state index < -0.39 is 6.09 Å². The maximum absolute atomic E-state index is 12.2. The molecule has 0 unspecified atom stereocenters. The Kier molecular flexibility index (Phi) is 17.0. The predicted octanol–water partition coefficient (Wildman–Crippen LogP) is 3.23. The minimum absolute atomic E-state index is 0.0598. The van der Waals surface area contributed by atoms with Gasteiger partial charge in [0.2, 0.25) is 0 Å². The smallest absolute Gasteiger partial charge is 0.407 e. The van der Waals surface area contributed by atoms with E-state index >= 15 is 0 Å². The van der Waals surface area contributed by atoms with Crippen molar-refractivity contribution in [3.8, 4) is 11.1 Å². The number of ether oxygens (including phenoxy) is 7. The normalized spacial score (nSPS) is 12.3. The lowest BCUT2D eigenvalue weighted by molar-refractivity contribution is -0.0166. The van der Waals surface area contributed by atoms with Crippen molar-refractivity contribution in [3.05, 3.63) is 59.7 Å². The molecule has 1 amide bonds. The highest BCUT2D eigenvalue weighted by molar-refractivity contribution is 5.79. The van der Waals surface area contributed by atoms with Crippen LogP contribution in [0.2, 0.25) is 0 Å². The van der Waals surface area contributed by atoms with Crippen molar-refractivity contribution in [1.82, 2.24) is 10.6 Å². The molecule has 41 heavy (non-hydrogen) atoms. The topological polar surface area (TPSA) is 106 Å². The molecule has 0 heterocycles. The summed E-state index contributed by atoms with van der Waals surface area (Å²) in [4.78, 5) is 12.2. The van der Waals surface area contributed by atoms with E-state index in [4.69, 9.17) is 33.2 Å². The second kappa shape index (κ2) is 21.2. The standard InChI is InChI=1S/C31H46N2O8/c1-32-12-14-36-16-18-38-20-22-40-24-23-39-21-19-37-17-15-35-13-6-11-33-31(34)41-25-30-28-9-4-2-7-26(28)27-8-3-5-10-29(27)30/h2-5,7-10,30,32H,6,11-25H2,1H3,(H,33,34). The summed E-state index contributed by atoms with van der Waals surface area (Å²) in [5.74, 6) is 0.0598. The minimum atomic E-state index is -0.407. The van der Waals surface area contributed by atoms with Gasteiger partial charge in [0.15, 0.2) is 0 Å². The van der Waals surface area contributed by atoms with Crippen LogP contribution in [0.25, 0.3) is 11.1 Å². The minimum Gasteiger partial charge on any atom is -0.449 e. The Hall–Kier alpha value is -2.57. The van der Waals surface area contributed by atoms with Gasteiger partial charge < -0.3 is 43.8 Å². The lowest BCUT2D eigenvalue weighted by atomic mass is 9.98. The number of amides is 1. The molecule has 0 spiro atoms. The summed E-state index contributed by atoms with van der Waals surface area (Å²) in [6.45, 7) is 8.16. The molecule has 0 bridgehead atoms. The van der Waals surface area contributed by atoms with Crippen molar-refractivity contribution in [2.45, 2.75) is 12.3 Å². The van der Waals surface area contributed by atoms with Crippen molar-refractivity contribution in [3.63, 3.8) is 0 Å². The van der Waals surface area contributed by atoms with Crippen molar-refractivity contribution >= 4 is 6.09 Å². The molecule has 2 N–H and O–H groups in total. The molecule has 0 fully saturated rings. The lowest BCUT2D eigenvalue weighted by Gasteiger charge is -2.14. The number of benzene rings is 2. The van der Waals surface area contributed by atoms with Gasteiger partial charge in [0, 0.05) is 25.6 Å². The quantitative estimate of drug-likeness (QED) is 0.183. The molecule has 0 atom stereocenters. The molecule has 1 aliphatic rings. The van der Waals surface area contributed by atoms with E-state index in [9.17, 15) is 4.79 Å².